The maximum Gasteiger partial charge on any atom is 0.339 e. The Morgan fingerprint density at radius 1 is 1.11 bits per heavy atom. The van der Waals surface area contributed by atoms with Gasteiger partial charge in [0.1, 0.15) is 0 Å². The molecule has 3 aromatic rings. The van der Waals surface area contributed by atoms with Crippen LogP contribution < -0.4 is 5.32 Å². The predicted molar refractivity (Wildman–Crippen MR) is 99.5 cm³/mol. The summed E-state index contributed by atoms with van der Waals surface area (Å²) in [7, 11) is 1.48. The highest BCUT2D eigenvalue weighted by Crippen LogP contribution is 2.26. The van der Waals surface area contributed by atoms with E-state index in [0.717, 1.165) is 10.6 Å². The third-order valence-corrected chi connectivity index (χ3v) is 4.68. The first kappa shape index (κ1) is 18.6. The van der Waals surface area contributed by atoms with Crippen molar-refractivity contribution in [3.05, 3.63) is 66.0 Å². The first-order valence-electron chi connectivity index (χ1n) is 8.11. The average Bonchev–Trinajstić information content (AvgIpc) is 3.19. The number of benzene rings is 2. The van der Waals surface area contributed by atoms with E-state index in [2.05, 4.69) is 20.8 Å². The predicted octanol–water partition coefficient (Wildman–Crippen LogP) is 1.86. The van der Waals surface area contributed by atoms with Gasteiger partial charge in [0.15, 0.2) is 12.4 Å². The smallest absolute Gasteiger partial charge is 0.339 e. The zero-order chi connectivity index (χ0) is 19.1. The molecule has 0 saturated carbocycles. The highest BCUT2D eigenvalue weighted by Gasteiger charge is 2.16. The van der Waals surface area contributed by atoms with Crippen LogP contribution in [0.2, 0.25) is 0 Å². The molecule has 0 radical (unpaired) electrons. The van der Waals surface area contributed by atoms with Crippen LogP contribution in [0, 0.1) is 0 Å². The number of tetrazole rings is 1. The number of rotatable bonds is 7. The van der Waals surface area contributed by atoms with Crippen molar-refractivity contribution in [1.82, 2.24) is 25.5 Å². The van der Waals surface area contributed by atoms with Gasteiger partial charge in [-0.05, 0) is 34.7 Å². The zero-order valence-electron chi connectivity index (χ0n) is 14.5. The molecular formula is C18H17N5O3S. The second kappa shape index (κ2) is 8.95. The summed E-state index contributed by atoms with van der Waals surface area (Å²) in [6, 6.07) is 16.6. The summed E-state index contributed by atoms with van der Waals surface area (Å²) in [5.41, 5.74) is 1.25. The van der Waals surface area contributed by atoms with E-state index in [0.29, 0.717) is 17.1 Å². The van der Waals surface area contributed by atoms with Crippen LogP contribution in [0.5, 0.6) is 0 Å². The van der Waals surface area contributed by atoms with Crippen molar-refractivity contribution in [1.29, 1.82) is 0 Å². The molecule has 0 aliphatic heterocycles. The lowest BCUT2D eigenvalue weighted by Crippen LogP contribution is -2.25. The van der Waals surface area contributed by atoms with E-state index in [4.69, 9.17) is 4.74 Å². The lowest BCUT2D eigenvalue weighted by molar-refractivity contribution is -0.123. The summed E-state index contributed by atoms with van der Waals surface area (Å²) in [5.74, 6) is 0.196. The van der Waals surface area contributed by atoms with Gasteiger partial charge in [-0.15, -0.1) is 16.9 Å². The monoisotopic (exact) mass is 383 g/mol. The standard InChI is InChI=1S/C18H17N5O3S/c1-19-17(24)11-26-18(25)14-9-5-6-10-15(14)27-12-16-20-21-22-23(16)13-7-3-2-4-8-13/h2-10H,11-12H2,1H3,(H,19,24). The van der Waals surface area contributed by atoms with E-state index in [9.17, 15) is 9.59 Å². The molecular weight excluding hydrogens is 366 g/mol. The van der Waals surface area contributed by atoms with Crippen LogP contribution >= 0.6 is 11.8 Å². The molecule has 27 heavy (non-hydrogen) atoms. The van der Waals surface area contributed by atoms with Gasteiger partial charge < -0.3 is 10.1 Å². The number of thioether (sulfide) groups is 1. The van der Waals surface area contributed by atoms with E-state index in [1.165, 1.54) is 18.8 Å². The molecule has 0 bridgehead atoms. The van der Waals surface area contributed by atoms with Crippen molar-refractivity contribution < 1.29 is 14.3 Å². The first-order chi connectivity index (χ1) is 13.2. The number of carbonyl (C=O) groups excluding carboxylic acids is 2. The molecule has 0 fully saturated rings. The summed E-state index contributed by atoms with van der Waals surface area (Å²) in [5, 5.41) is 14.2. The van der Waals surface area contributed by atoms with Gasteiger partial charge in [0, 0.05) is 11.9 Å². The summed E-state index contributed by atoms with van der Waals surface area (Å²) >= 11 is 1.42. The molecule has 0 aliphatic rings. The number of nitrogens with zero attached hydrogens (tertiary/aromatic N) is 4. The maximum atomic E-state index is 12.3. The summed E-state index contributed by atoms with van der Waals surface area (Å²) in [6.45, 7) is -0.319. The number of amides is 1. The molecule has 0 spiro atoms. The van der Waals surface area contributed by atoms with Crippen LogP contribution in [-0.2, 0) is 15.3 Å². The Balaban J connectivity index is 1.72. The molecule has 1 N–H and O–H groups in total. The molecule has 1 heterocycles. The second-order valence-electron chi connectivity index (χ2n) is 5.38. The Kier molecular flexibility index (Phi) is 6.16. The number of hydrogen-bond acceptors (Lipinski definition) is 7. The zero-order valence-corrected chi connectivity index (χ0v) is 15.3. The van der Waals surface area contributed by atoms with E-state index < -0.39 is 5.97 Å². The molecule has 0 atom stereocenters. The van der Waals surface area contributed by atoms with Crippen molar-refractivity contribution in [3.8, 4) is 5.69 Å². The molecule has 1 aromatic heterocycles. The molecule has 8 nitrogen and oxygen atoms in total. The van der Waals surface area contributed by atoms with E-state index >= 15 is 0 Å². The number of carbonyl (C=O) groups is 2. The van der Waals surface area contributed by atoms with Crippen LogP contribution in [-0.4, -0.2) is 45.7 Å². The van der Waals surface area contributed by atoms with Gasteiger partial charge in [0.25, 0.3) is 5.91 Å². The Morgan fingerprint density at radius 3 is 2.63 bits per heavy atom. The number of aromatic nitrogens is 4. The van der Waals surface area contributed by atoms with Crippen LogP contribution in [0.3, 0.4) is 0 Å². The minimum atomic E-state index is -0.552. The largest absolute Gasteiger partial charge is 0.452 e. The SMILES string of the molecule is CNC(=O)COC(=O)c1ccccc1SCc1nnnn1-c1ccccc1. The summed E-state index contributed by atoms with van der Waals surface area (Å²) in [6.07, 6.45) is 0. The van der Waals surface area contributed by atoms with Gasteiger partial charge in [-0.3, -0.25) is 4.79 Å². The van der Waals surface area contributed by atoms with Gasteiger partial charge in [0.05, 0.1) is 17.0 Å². The lowest BCUT2D eigenvalue weighted by atomic mass is 10.2. The molecule has 138 valence electrons. The molecule has 2 aromatic carbocycles. The molecule has 1 amide bonds. The second-order valence-corrected chi connectivity index (χ2v) is 6.39. The normalized spacial score (nSPS) is 10.4. The summed E-state index contributed by atoms with van der Waals surface area (Å²) in [4.78, 5) is 24.3. The van der Waals surface area contributed by atoms with Crippen molar-refractivity contribution in [2.75, 3.05) is 13.7 Å². The average molecular weight is 383 g/mol. The van der Waals surface area contributed by atoms with Gasteiger partial charge >= 0.3 is 5.97 Å². The quantitative estimate of drug-likeness (QED) is 0.491. The van der Waals surface area contributed by atoms with Crippen LogP contribution in [0.15, 0.2) is 59.5 Å². The number of esters is 1. The van der Waals surface area contributed by atoms with Crippen molar-refractivity contribution >= 4 is 23.6 Å². The number of nitrogens with one attached hydrogen (secondary N) is 1. The molecule has 3 rings (SSSR count). The fourth-order valence-corrected chi connectivity index (χ4v) is 3.20. The number of likely N-dealkylation sites (N-methyl/N-ethyl adjacent to an activating group) is 1. The third kappa shape index (κ3) is 4.70. The van der Waals surface area contributed by atoms with Gasteiger partial charge in [-0.1, -0.05) is 30.3 Å². The number of ether oxygens (including phenoxy) is 1. The summed E-state index contributed by atoms with van der Waals surface area (Å²) < 4.78 is 6.69. The van der Waals surface area contributed by atoms with Crippen LogP contribution in [0.25, 0.3) is 5.69 Å². The first-order valence-corrected chi connectivity index (χ1v) is 9.10. The fourth-order valence-electron chi connectivity index (χ4n) is 2.25. The Labute approximate surface area is 159 Å². The highest BCUT2D eigenvalue weighted by atomic mass is 32.2. The molecule has 0 unspecified atom stereocenters. The van der Waals surface area contributed by atoms with Crippen molar-refractivity contribution in [3.63, 3.8) is 0 Å². The van der Waals surface area contributed by atoms with Gasteiger partial charge in [-0.2, -0.15) is 4.68 Å². The number of hydrogen-bond donors (Lipinski definition) is 1. The van der Waals surface area contributed by atoms with Crippen molar-refractivity contribution in [2.45, 2.75) is 10.6 Å². The lowest BCUT2D eigenvalue weighted by Gasteiger charge is -2.09. The number of para-hydroxylation sites is 1. The molecule has 0 saturated heterocycles. The topological polar surface area (TPSA) is 99.0 Å². The van der Waals surface area contributed by atoms with Crippen LogP contribution in [0.4, 0.5) is 0 Å². The van der Waals surface area contributed by atoms with E-state index in [1.807, 2.05) is 42.5 Å². The Hall–Kier alpha value is -3.20. The minimum absolute atomic E-state index is 0.319. The maximum absolute atomic E-state index is 12.3. The Bertz CT molecular complexity index is 930. The minimum Gasteiger partial charge on any atom is -0.452 e. The van der Waals surface area contributed by atoms with Crippen molar-refractivity contribution in [2.24, 2.45) is 0 Å². The van der Waals surface area contributed by atoms with Gasteiger partial charge in [-0.25, -0.2) is 4.79 Å². The third-order valence-electron chi connectivity index (χ3n) is 3.61. The van der Waals surface area contributed by atoms with E-state index in [1.54, 1.807) is 16.8 Å². The van der Waals surface area contributed by atoms with E-state index in [-0.39, 0.29) is 12.5 Å². The molecule has 9 heteroatoms. The van der Waals surface area contributed by atoms with Gasteiger partial charge in [0.2, 0.25) is 0 Å². The molecule has 0 aliphatic carbocycles. The van der Waals surface area contributed by atoms with Crippen LogP contribution in [0.1, 0.15) is 16.2 Å². The fraction of sp³-hybridized carbons (Fsp3) is 0.167. The Morgan fingerprint density at radius 2 is 1.85 bits per heavy atom. The highest BCUT2D eigenvalue weighted by molar-refractivity contribution is 7.98.